The fraction of sp³-hybridized carbons (Fsp3) is 0.0667. The standard InChI is InChI=1S/C15H12N2O5/c18-9-1-3-11(4-2-9)22-8-13-16-14(15(20)21)12-7-10(19)5-6-17(12)13/h1-7,18-19H,8H2,(H,20,21). The number of aromatic hydroxyl groups is 2. The first-order chi connectivity index (χ1) is 10.5. The topological polar surface area (TPSA) is 104 Å². The molecule has 0 fully saturated rings. The van der Waals surface area contributed by atoms with Crippen LogP contribution in [-0.4, -0.2) is 30.7 Å². The van der Waals surface area contributed by atoms with E-state index in [0.717, 1.165) is 0 Å². The van der Waals surface area contributed by atoms with Crippen LogP contribution in [0.1, 0.15) is 16.3 Å². The summed E-state index contributed by atoms with van der Waals surface area (Å²) >= 11 is 0. The predicted octanol–water partition coefficient (Wildman–Crippen LogP) is 2.02. The highest BCUT2D eigenvalue weighted by Crippen LogP contribution is 2.21. The van der Waals surface area contributed by atoms with Crippen molar-refractivity contribution in [3.63, 3.8) is 0 Å². The minimum absolute atomic E-state index is 0.0408. The highest BCUT2D eigenvalue weighted by molar-refractivity contribution is 5.94. The molecule has 0 atom stereocenters. The van der Waals surface area contributed by atoms with E-state index in [2.05, 4.69) is 4.98 Å². The smallest absolute Gasteiger partial charge is 0.356 e. The SMILES string of the molecule is O=C(O)c1nc(COc2ccc(O)cc2)n2ccc(O)cc12. The van der Waals surface area contributed by atoms with Gasteiger partial charge in [0.1, 0.15) is 23.9 Å². The number of benzene rings is 1. The molecule has 0 radical (unpaired) electrons. The van der Waals surface area contributed by atoms with Gasteiger partial charge in [0.15, 0.2) is 11.5 Å². The van der Waals surface area contributed by atoms with Crippen LogP contribution in [0, 0.1) is 0 Å². The molecule has 0 saturated heterocycles. The predicted molar refractivity (Wildman–Crippen MR) is 76.3 cm³/mol. The van der Waals surface area contributed by atoms with Crippen molar-refractivity contribution in [2.75, 3.05) is 0 Å². The minimum atomic E-state index is -1.18. The molecule has 3 aromatic rings. The molecule has 2 aromatic heterocycles. The van der Waals surface area contributed by atoms with E-state index in [1.807, 2.05) is 0 Å². The van der Waals surface area contributed by atoms with Crippen LogP contribution >= 0.6 is 0 Å². The van der Waals surface area contributed by atoms with Gasteiger partial charge in [-0.1, -0.05) is 0 Å². The molecule has 112 valence electrons. The first-order valence-corrected chi connectivity index (χ1v) is 6.39. The Morgan fingerprint density at radius 2 is 1.86 bits per heavy atom. The van der Waals surface area contributed by atoms with Crippen molar-refractivity contribution in [1.82, 2.24) is 9.38 Å². The number of carbonyl (C=O) groups is 1. The Balaban J connectivity index is 1.93. The van der Waals surface area contributed by atoms with Crippen LogP contribution < -0.4 is 4.74 Å². The number of pyridine rings is 1. The molecule has 7 heteroatoms. The van der Waals surface area contributed by atoms with E-state index in [1.54, 1.807) is 16.5 Å². The number of imidazole rings is 1. The van der Waals surface area contributed by atoms with Crippen LogP contribution in [0.4, 0.5) is 0 Å². The van der Waals surface area contributed by atoms with Gasteiger partial charge < -0.3 is 20.1 Å². The quantitative estimate of drug-likeness (QED) is 0.681. The lowest BCUT2D eigenvalue weighted by atomic mass is 10.3. The summed E-state index contributed by atoms with van der Waals surface area (Å²) in [5.41, 5.74) is 0.136. The van der Waals surface area contributed by atoms with Crippen LogP contribution in [0.5, 0.6) is 17.2 Å². The molecule has 3 rings (SSSR count). The summed E-state index contributed by atoms with van der Waals surface area (Å²) in [5, 5.41) is 27.9. The molecule has 0 aliphatic carbocycles. The van der Waals surface area contributed by atoms with Gasteiger partial charge in [0.25, 0.3) is 0 Å². The third-order valence-corrected chi connectivity index (χ3v) is 3.11. The summed E-state index contributed by atoms with van der Waals surface area (Å²) < 4.78 is 7.07. The number of fused-ring (bicyclic) bond motifs is 1. The number of carboxylic acids is 1. The number of ether oxygens (including phenoxy) is 1. The average molecular weight is 300 g/mol. The van der Waals surface area contributed by atoms with Gasteiger partial charge in [0.2, 0.25) is 0 Å². The largest absolute Gasteiger partial charge is 0.508 e. The van der Waals surface area contributed by atoms with Gasteiger partial charge >= 0.3 is 5.97 Å². The van der Waals surface area contributed by atoms with Crippen molar-refractivity contribution < 1.29 is 24.9 Å². The third kappa shape index (κ3) is 2.51. The highest BCUT2D eigenvalue weighted by Gasteiger charge is 2.17. The van der Waals surface area contributed by atoms with Crippen LogP contribution in [-0.2, 0) is 6.61 Å². The number of aromatic nitrogens is 2. The van der Waals surface area contributed by atoms with E-state index in [4.69, 9.17) is 4.74 Å². The molecular formula is C15H12N2O5. The van der Waals surface area contributed by atoms with Gasteiger partial charge in [-0.05, 0) is 30.3 Å². The number of phenolic OH excluding ortho intramolecular Hbond substituents is 1. The number of phenols is 1. The Hall–Kier alpha value is -3.22. The molecule has 0 spiro atoms. The Bertz CT molecular complexity index is 839. The zero-order valence-electron chi connectivity index (χ0n) is 11.3. The molecule has 22 heavy (non-hydrogen) atoms. The number of aromatic carboxylic acids is 1. The fourth-order valence-electron chi connectivity index (χ4n) is 2.09. The lowest BCUT2D eigenvalue weighted by molar-refractivity contribution is 0.0693. The van der Waals surface area contributed by atoms with Crippen molar-refractivity contribution >= 4 is 11.5 Å². The van der Waals surface area contributed by atoms with Gasteiger partial charge in [-0.25, -0.2) is 9.78 Å². The fourth-order valence-corrected chi connectivity index (χ4v) is 2.09. The number of hydrogen-bond donors (Lipinski definition) is 3. The summed E-state index contributed by atoms with van der Waals surface area (Å²) in [4.78, 5) is 15.3. The summed E-state index contributed by atoms with van der Waals surface area (Å²) in [6.07, 6.45) is 1.53. The molecule has 0 amide bonds. The Morgan fingerprint density at radius 1 is 1.14 bits per heavy atom. The number of nitrogens with zero attached hydrogens (tertiary/aromatic N) is 2. The lowest BCUT2D eigenvalue weighted by Gasteiger charge is -2.05. The van der Waals surface area contributed by atoms with E-state index in [0.29, 0.717) is 11.6 Å². The molecule has 0 aliphatic rings. The number of carboxylic acid groups (broad SMARTS) is 1. The summed E-state index contributed by atoms with van der Waals surface area (Å²) in [6, 6.07) is 8.93. The molecular weight excluding hydrogens is 288 g/mol. The van der Waals surface area contributed by atoms with Crippen molar-refractivity contribution in [2.45, 2.75) is 6.61 Å². The maximum atomic E-state index is 11.2. The third-order valence-electron chi connectivity index (χ3n) is 3.11. The van der Waals surface area contributed by atoms with Crippen LogP contribution in [0.15, 0.2) is 42.6 Å². The highest BCUT2D eigenvalue weighted by atomic mass is 16.5. The average Bonchev–Trinajstić information content (AvgIpc) is 2.85. The molecule has 0 bridgehead atoms. The van der Waals surface area contributed by atoms with Gasteiger partial charge in [-0.15, -0.1) is 0 Å². The Morgan fingerprint density at radius 3 is 2.55 bits per heavy atom. The van der Waals surface area contributed by atoms with Gasteiger partial charge in [-0.2, -0.15) is 0 Å². The molecule has 0 saturated carbocycles. The van der Waals surface area contributed by atoms with Crippen molar-refractivity contribution in [3.8, 4) is 17.2 Å². The van der Waals surface area contributed by atoms with Crippen LogP contribution in [0.3, 0.4) is 0 Å². The lowest BCUT2D eigenvalue weighted by Crippen LogP contribution is -2.01. The van der Waals surface area contributed by atoms with E-state index in [-0.39, 0.29) is 29.3 Å². The Kier molecular flexibility index (Phi) is 3.30. The molecule has 0 aliphatic heterocycles. The summed E-state index contributed by atoms with van der Waals surface area (Å²) in [7, 11) is 0. The Labute approximate surface area is 124 Å². The molecule has 1 aromatic carbocycles. The molecule has 7 nitrogen and oxygen atoms in total. The van der Waals surface area contributed by atoms with Crippen LogP contribution in [0.25, 0.3) is 5.52 Å². The maximum absolute atomic E-state index is 11.2. The summed E-state index contributed by atoms with van der Waals surface area (Å²) in [6.45, 7) is 0.0456. The van der Waals surface area contributed by atoms with Gasteiger partial charge in [0.05, 0.1) is 5.52 Å². The van der Waals surface area contributed by atoms with Crippen molar-refractivity contribution in [3.05, 3.63) is 54.1 Å². The second-order valence-corrected chi connectivity index (χ2v) is 4.60. The zero-order valence-corrected chi connectivity index (χ0v) is 11.3. The second-order valence-electron chi connectivity index (χ2n) is 4.60. The van der Waals surface area contributed by atoms with Gasteiger partial charge in [0, 0.05) is 12.3 Å². The van der Waals surface area contributed by atoms with Crippen LogP contribution in [0.2, 0.25) is 0 Å². The van der Waals surface area contributed by atoms with Crippen molar-refractivity contribution in [1.29, 1.82) is 0 Å². The molecule has 0 unspecified atom stereocenters. The molecule has 2 heterocycles. The normalized spacial score (nSPS) is 10.7. The minimum Gasteiger partial charge on any atom is -0.508 e. The van der Waals surface area contributed by atoms with Gasteiger partial charge in [-0.3, -0.25) is 4.40 Å². The second kappa shape index (κ2) is 5.28. The molecule has 3 N–H and O–H groups in total. The summed E-state index contributed by atoms with van der Waals surface area (Å²) in [5.74, 6) is -0.187. The van der Waals surface area contributed by atoms with E-state index in [1.165, 1.54) is 30.5 Å². The first kappa shape index (κ1) is 13.7. The monoisotopic (exact) mass is 300 g/mol. The first-order valence-electron chi connectivity index (χ1n) is 6.39. The van der Waals surface area contributed by atoms with E-state index in [9.17, 15) is 20.1 Å². The van der Waals surface area contributed by atoms with E-state index < -0.39 is 5.97 Å². The number of hydrogen-bond acceptors (Lipinski definition) is 5. The number of rotatable bonds is 4. The van der Waals surface area contributed by atoms with E-state index >= 15 is 0 Å². The zero-order chi connectivity index (χ0) is 15.7. The van der Waals surface area contributed by atoms with Crippen molar-refractivity contribution in [2.24, 2.45) is 0 Å². The maximum Gasteiger partial charge on any atom is 0.356 e.